The fourth-order valence-corrected chi connectivity index (χ4v) is 4.40. The summed E-state index contributed by atoms with van der Waals surface area (Å²) in [7, 11) is 1.72. The number of rotatable bonds is 8. The molecule has 5 heteroatoms. The summed E-state index contributed by atoms with van der Waals surface area (Å²) in [4.78, 5) is 6.34. The Balaban J connectivity index is 1.62. The molecule has 4 nitrogen and oxygen atoms in total. The van der Waals surface area contributed by atoms with Crippen molar-refractivity contribution in [3.8, 4) is 5.75 Å². The second-order valence-electron chi connectivity index (χ2n) is 7.52. The number of aliphatic hydroxyl groups is 1. The highest BCUT2D eigenvalue weighted by molar-refractivity contribution is 7.98. The van der Waals surface area contributed by atoms with Crippen molar-refractivity contribution in [2.24, 2.45) is 0 Å². The average Bonchev–Trinajstić information content (AvgIpc) is 2.71. The van der Waals surface area contributed by atoms with E-state index in [1.807, 2.05) is 0 Å². The molecule has 2 aromatic rings. The molecule has 1 N–H and O–H groups in total. The number of piperazine rings is 1. The lowest BCUT2D eigenvalue weighted by Crippen LogP contribution is -2.52. The molecule has 1 saturated heterocycles. The molecule has 28 heavy (non-hydrogen) atoms. The highest BCUT2D eigenvalue weighted by Gasteiger charge is 2.26. The molecule has 0 saturated carbocycles. The first-order valence-corrected chi connectivity index (χ1v) is 11.2. The van der Waals surface area contributed by atoms with Crippen LogP contribution in [0, 0.1) is 6.92 Å². The van der Waals surface area contributed by atoms with Crippen LogP contribution in [0.15, 0.2) is 47.4 Å². The van der Waals surface area contributed by atoms with Gasteiger partial charge in [0.25, 0.3) is 0 Å². The Kier molecular flexibility index (Phi) is 7.80. The van der Waals surface area contributed by atoms with Gasteiger partial charge in [-0.1, -0.05) is 24.3 Å². The van der Waals surface area contributed by atoms with Gasteiger partial charge in [-0.3, -0.25) is 9.80 Å². The van der Waals surface area contributed by atoms with Crippen molar-refractivity contribution in [2.45, 2.75) is 37.4 Å². The third-order valence-corrected chi connectivity index (χ3v) is 6.30. The minimum Gasteiger partial charge on any atom is -0.496 e. The summed E-state index contributed by atoms with van der Waals surface area (Å²) < 4.78 is 5.38. The Labute approximate surface area is 173 Å². The number of benzene rings is 2. The zero-order valence-electron chi connectivity index (χ0n) is 17.2. The molecule has 0 radical (unpaired) electrons. The second kappa shape index (κ2) is 10.3. The van der Waals surface area contributed by atoms with Gasteiger partial charge in [-0.05, 0) is 54.5 Å². The van der Waals surface area contributed by atoms with Crippen LogP contribution < -0.4 is 4.74 Å². The Bertz CT molecular complexity index is 751. The highest BCUT2D eigenvalue weighted by Crippen LogP contribution is 2.23. The van der Waals surface area contributed by atoms with Crippen molar-refractivity contribution in [1.29, 1.82) is 0 Å². The summed E-state index contributed by atoms with van der Waals surface area (Å²) in [5.41, 5.74) is 3.84. The summed E-state index contributed by atoms with van der Waals surface area (Å²) in [6.07, 6.45) is 2.93. The summed E-state index contributed by atoms with van der Waals surface area (Å²) in [5.74, 6) is 0.938. The molecule has 0 bridgehead atoms. The van der Waals surface area contributed by atoms with E-state index in [1.165, 1.54) is 21.6 Å². The number of ether oxygens (including phenoxy) is 1. The molecule has 3 rings (SSSR count). The van der Waals surface area contributed by atoms with Crippen LogP contribution in [0.25, 0.3) is 0 Å². The van der Waals surface area contributed by atoms with Crippen LogP contribution in [0.1, 0.15) is 23.1 Å². The molecule has 1 fully saturated rings. The van der Waals surface area contributed by atoms with Crippen molar-refractivity contribution >= 4 is 11.8 Å². The maximum atomic E-state index is 9.58. The summed E-state index contributed by atoms with van der Waals surface area (Å²) >= 11 is 1.78. The SMILES string of the molecule is COc1ccc(CN2CCN(Cc3ccc(SC)cc3)C[C@@H]2CCO)cc1C. The van der Waals surface area contributed by atoms with Crippen molar-refractivity contribution < 1.29 is 9.84 Å². The van der Waals surface area contributed by atoms with Crippen LogP contribution in [0.5, 0.6) is 5.75 Å². The molecule has 1 aliphatic rings. The number of nitrogens with zero attached hydrogens (tertiary/aromatic N) is 2. The molecule has 0 amide bonds. The van der Waals surface area contributed by atoms with Gasteiger partial charge in [0.15, 0.2) is 0 Å². The van der Waals surface area contributed by atoms with E-state index in [-0.39, 0.29) is 6.61 Å². The minimum absolute atomic E-state index is 0.235. The molecule has 1 heterocycles. The minimum atomic E-state index is 0.235. The molecular weight excluding hydrogens is 368 g/mol. The lowest BCUT2D eigenvalue weighted by molar-refractivity contribution is 0.0499. The maximum absolute atomic E-state index is 9.58. The van der Waals surface area contributed by atoms with E-state index in [9.17, 15) is 5.11 Å². The van der Waals surface area contributed by atoms with Crippen LogP contribution in [0.4, 0.5) is 0 Å². The Morgan fingerprint density at radius 2 is 1.82 bits per heavy atom. The van der Waals surface area contributed by atoms with Crippen molar-refractivity contribution in [1.82, 2.24) is 9.80 Å². The van der Waals surface area contributed by atoms with Gasteiger partial charge in [0.2, 0.25) is 0 Å². The molecule has 1 aliphatic heterocycles. The fraction of sp³-hybridized carbons (Fsp3) is 0.478. The smallest absolute Gasteiger partial charge is 0.121 e. The lowest BCUT2D eigenvalue weighted by atomic mass is 10.0. The monoisotopic (exact) mass is 400 g/mol. The van der Waals surface area contributed by atoms with Crippen LogP contribution in [-0.4, -0.2) is 60.6 Å². The predicted octanol–water partition coefficient (Wildman–Crippen LogP) is 3.79. The number of methoxy groups -OCH3 is 1. The third-order valence-electron chi connectivity index (χ3n) is 5.56. The van der Waals surface area contributed by atoms with Gasteiger partial charge in [-0.2, -0.15) is 0 Å². The number of aliphatic hydroxyl groups excluding tert-OH is 1. The zero-order valence-corrected chi connectivity index (χ0v) is 18.0. The van der Waals surface area contributed by atoms with Crippen molar-refractivity contribution in [3.05, 3.63) is 59.2 Å². The van der Waals surface area contributed by atoms with E-state index < -0.39 is 0 Å². The number of thioether (sulfide) groups is 1. The van der Waals surface area contributed by atoms with E-state index in [1.54, 1.807) is 18.9 Å². The quantitative estimate of drug-likeness (QED) is 0.682. The number of aryl methyl sites for hydroxylation is 1. The molecule has 0 spiro atoms. The normalized spacial score (nSPS) is 18.4. The van der Waals surface area contributed by atoms with Gasteiger partial charge < -0.3 is 9.84 Å². The van der Waals surface area contributed by atoms with Gasteiger partial charge in [0.1, 0.15) is 5.75 Å². The molecule has 0 aliphatic carbocycles. The summed E-state index contributed by atoms with van der Waals surface area (Å²) in [6, 6.07) is 15.7. The van der Waals surface area contributed by atoms with Crippen molar-refractivity contribution in [2.75, 3.05) is 39.6 Å². The molecule has 0 unspecified atom stereocenters. The Morgan fingerprint density at radius 3 is 2.46 bits per heavy atom. The number of hydrogen-bond acceptors (Lipinski definition) is 5. The Morgan fingerprint density at radius 1 is 1.07 bits per heavy atom. The molecule has 2 aromatic carbocycles. The topological polar surface area (TPSA) is 35.9 Å². The molecule has 0 aromatic heterocycles. The van der Waals surface area contributed by atoms with E-state index in [2.05, 4.69) is 65.4 Å². The van der Waals surface area contributed by atoms with Gasteiger partial charge >= 0.3 is 0 Å². The highest BCUT2D eigenvalue weighted by atomic mass is 32.2. The van der Waals surface area contributed by atoms with Gasteiger partial charge in [0, 0.05) is 50.3 Å². The first kappa shape index (κ1) is 21.2. The summed E-state index contributed by atoms with van der Waals surface area (Å²) in [5, 5.41) is 9.58. The largest absolute Gasteiger partial charge is 0.496 e. The van der Waals surface area contributed by atoms with Crippen LogP contribution in [0.3, 0.4) is 0 Å². The predicted molar refractivity (Wildman–Crippen MR) is 117 cm³/mol. The summed E-state index contributed by atoms with van der Waals surface area (Å²) in [6.45, 7) is 7.31. The van der Waals surface area contributed by atoms with Crippen LogP contribution >= 0.6 is 11.8 Å². The average molecular weight is 401 g/mol. The van der Waals surface area contributed by atoms with E-state index in [0.29, 0.717) is 6.04 Å². The third kappa shape index (κ3) is 5.51. The van der Waals surface area contributed by atoms with Gasteiger partial charge in [-0.15, -0.1) is 11.8 Å². The lowest BCUT2D eigenvalue weighted by Gasteiger charge is -2.41. The number of hydrogen-bond donors (Lipinski definition) is 1. The van der Waals surface area contributed by atoms with Gasteiger partial charge in [0.05, 0.1) is 7.11 Å². The fourth-order valence-electron chi connectivity index (χ4n) is 3.99. The van der Waals surface area contributed by atoms with Crippen molar-refractivity contribution in [3.63, 3.8) is 0 Å². The van der Waals surface area contributed by atoms with Crippen LogP contribution in [-0.2, 0) is 13.1 Å². The van der Waals surface area contributed by atoms with E-state index in [4.69, 9.17) is 4.74 Å². The van der Waals surface area contributed by atoms with E-state index >= 15 is 0 Å². The van der Waals surface area contributed by atoms with Gasteiger partial charge in [-0.25, -0.2) is 0 Å². The molecule has 152 valence electrons. The second-order valence-corrected chi connectivity index (χ2v) is 8.40. The zero-order chi connectivity index (χ0) is 19.9. The maximum Gasteiger partial charge on any atom is 0.121 e. The Hall–Kier alpha value is -1.53. The first-order valence-electron chi connectivity index (χ1n) is 9.96. The molecular formula is C23H32N2O2S. The van der Waals surface area contributed by atoms with Crippen LogP contribution in [0.2, 0.25) is 0 Å². The first-order chi connectivity index (χ1) is 13.6. The standard InChI is InChI=1S/C23H32N2O2S/c1-18-14-20(6-9-23(18)27-2)16-25-12-11-24(17-21(25)10-13-26)15-19-4-7-22(28-3)8-5-19/h4-9,14,21,26H,10-13,15-17H2,1-3H3/t21-/m0/s1. The van der Waals surface area contributed by atoms with E-state index in [0.717, 1.165) is 44.9 Å². The molecule has 1 atom stereocenters.